The van der Waals surface area contributed by atoms with Crippen molar-refractivity contribution in [1.29, 1.82) is 0 Å². The van der Waals surface area contributed by atoms with Crippen molar-refractivity contribution in [2.24, 2.45) is 0 Å². The van der Waals surface area contributed by atoms with Crippen LogP contribution in [0.1, 0.15) is 12.0 Å². The topological polar surface area (TPSA) is 50.4 Å². The summed E-state index contributed by atoms with van der Waals surface area (Å²) >= 11 is 9.44. The minimum absolute atomic E-state index is 0.196. The number of ether oxygens (including phenoxy) is 1. The molecule has 2 N–H and O–H groups in total. The van der Waals surface area contributed by atoms with E-state index < -0.39 is 0 Å². The Balaban J connectivity index is 1.60. The normalized spacial score (nSPS) is 10.2. The Labute approximate surface area is 149 Å². The van der Waals surface area contributed by atoms with Crippen molar-refractivity contribution in [3.63, 3.8) is 0 Å². The van der Waals surface area contributed by atoms with Gasteiger partial charge in [-0.3, -0.25) is 0 Å². The summed E-state index contributed by atoms with van der Waals surface area (Å²) in [4.78, 5) is 11.7. The molecule has 0 saturated carbocycles. The first-order chi connectivity index (χ1) is 11.2. The molecule has 0 atom stereocenters. The molecule has 0 aliphatic carbocycles. The molecule has 0 heterocycles. The summed E-state index contributed by atoms with van der Waals surface area (Å²) in [6.45, 7) is 1.50. The van der Waals surface area contributed by atoms with E-state index >= 15 is 0 Å². The van der Waals surface area contributed by atoms with E-state index in [9.17, 15) is 4.79 Å². The number of urea groups is 1. The molecule has 2 amide bonds. The molecule has 0 spiro atoms. The highest BCUT2D eigenvalue weighted by atomic mass is 79.9. The van der Waals surface area contributed by atoms with Gasteiger partial charge in [-0.1, -0.05) is 57.9 Å². The molecule has 0 aliphatic rings. The second kappa shape index (κ2) is 9.43. The van der Waals surface area contributed by atoms with Gasteiger partial charge in [0.15, 0.2) is 0 Å². The fraction of sp³-hybridized carbons (Fsp3) is 0.235. The van der Waals surface area contributed by atoms with E-state index in [1.54, 1.807) is 6.07 Å². The van der Waals surface area contributed by atoms with Gasteiger partial charge in [-0.25, -0.2) is 4.79 Å². The second-order valence-corrected chi connectivity index (χ2v) is 6.09. The van der Waals surface area contributed by atoms with Crippen LogP contribution in [0, 0.1) is 0 Å². The van der Waals surface area contributed by atoms with Gasteiger partial charge in [0.1, 0.15) is 5.75 Å². The smallest absolute Gasteiger partial charge is 0.315 e. The number of carbonyl (C=O) groups is 1. The highest BCUT2D eigenvalue weighted by Crippen LogP contribution is 2.22. The highest BCUT2D eigenvalue weighted by molar-refractivity contribution is 9.10. The standard InChI is InChI=1S/C17H18BrClN2O2/c18-14-7-2-1-6-13(14)12-21-17(22)20-10-5-11-23-16-9-4-3-8-15(16)19/h1-4,6-9H,5,10-12H2,(H2,20,21,22). The van der Waals surface area contributed by atoms with E-state index in [2.05, 4.69) is 26.6 Å². The van der Waals surface area contributed by atoms with Crippen LogP contribution in [0.3, 0.4) is 0 Å². The fourth-order valence-corrected chi connectivity index (χ4v) is 2.51. The maximum Gasteiger partial charge on any atom is 0.315 e. The number of hydrogen-bond donors (Lipinski definition) is 2. The molecule has 0 unspecified atom stereocenters. The van der Waals surface area contributed by atoms with Crippen molar-refractivity contribution >= 4 is 33.6 Å². The summed E-state index contributed by atoms with van der Waals surface area (Å²) in [5, 5.41) is 6.20. The third-order valence-corrected chi connectivity index (χ3v) is 4.18. The predicted molar refractivity (Wildman–Crippen MR) is 95.9 cm³/mol. The van der Waals surface area contributed by atoms with Crippen LogP contribution in [0.25, 0.3) is 0 Å². The van der Waals surface area contributed by atoms with Crippen LogP contribution in [0.5, 0.6) is 5.75 Å². The van der Waals surface area contributed by atoms with Crippen molar-refractivity contribution in [1.82, 2.24) is 10.6 Å². The summed E-state index contributed by atoms with van der Waals surface area (Å²) < 4.78 is 6.53. The summed E-state index contributed by atoms with van der Waals surface area (Å²) in [6.07, 6.45) is 0.702. The van der Waals surface area contributed by atoms with Crippen molar-refractivity contribution in [2.45, 2.75) is 13.0 Å². The molecule has 2 rings (SSSR count). The van der Waals surface area contributed by atoms with E-state index in [1.807, 2.05) is 42.5 Å². The first-order valence-corrected chi connectivity index (χ1v) is 8.46. The van der Waals surface area contributed by atoms with Crippen molar-refractivity contribution < 1.29 is 9.53 Å². The number of amides is 2. The minimum atomic E-state index is -0.196. The number of rotatable bonds is 7. The second-order valence-electron chi connectivity index (χ2n) is 4.83. The lowest BCUT2D eigenvalue weighted by molar-refractivity contribution is 0.238. The maximum atomic E-state index is 11.7. The Hall–Kier alpha value is -1.72. The molecule has 0 aromatic heterocycles. The maximum absolute atomic E-state index is 11.7. The van der Waals surface area contributed by atoms with Crippen LogP contribution in [0.4, 0.5) is 4.79 Å². The number of para-hydroxylation sites is 1. The molecule has 122 valence electrons. The van der Waals surface area contributed by atoms with Crippen LogP contribution in [0.15, 0.2) is 53.0 Å². The lowest BCUT2D eigenvalue weighted by Crippen LogP contribution is -2.36. The Morgan fingerprint density at radius 2 is 1.83 bits per heavy atom. The van der Waals surface area contributed by atoms with Gasteiger partial charge in [0, 0.05) is 17.6 Å². The van der Waals surface area contributed by atoms with Gasteiger partial charge in [0.05, 0.1) is 11.6 Å². The SMILES string of the molecule is O=C(NCCCOc1ccccc1Cl)NCc1ccccc1Br. The molecule has 0 radical (unpaired) electrons. The summed E-state index contributed by atoms with van der Waals surface area (Å²) in [5.41, 5.74) is 1.03. The summed E-state index contributed by atoms with van der Waals surface area (Å²) in [5.74, 6) is 0.660. The third-order valence-electron chi connectivity index (χ3n) is 3.10. The zero-order chi connectivity index (χ0) is 16.5. The van der Waals surface area contributed by atoms with E-state index in [4.69, 9.17) is 16.3 Å². The Morgan fingerprint density at radius 3 is 2.61 bits per heavy atom. The molecule has 0 fully saturated rings. The monoisotopic (exact) mass is 396 g/mol. The van der Waals surface area contributed by atoms with Gasteiger partial charge in [0.25, 0.3) is 0 Å². The average molecular weight is 398 g/mol. The van der Waals surface area contributed by atoms with Crippen LogP contribution < -0.4 is 15.4 Å². The first kappa shape index (κ1) is 17.6. The minimum Gasteiger partial charge on any atom is -0.492 e. The lowest BCUT2D eigenvalue weighted by Gasteiger charge is -2.10. The van der Waals surface area contributed by atoms with E-state index in [1.165, 1.54) is 0 Å². The molecular formula is C17H18BrClN2O2. The highest BCUT2D eigenvalue weighted by Gasteiger charge is 2.03. The first-order valence-electron chi connectivity index (χ1n) is 7.29. The summed E-state index contributed by atoms with van der Waals surface area (Å²) in [7, 11) is 0. The van der Waals surface area contributed by atoms with Crippen LogP contribution in [-0.2, 0) is 6.54 Å². The Kier molecular flexibility index (Phi) is 7.23. The van der Waals surface area contributed by atoms with Gasteiger partial charge in [-0.2, -0.15) is 0 Å². The molecule has 23 heavy (non-hydrogen) atoms. The van der Waals surface area contributed by atoms with E-state index in [0.29, 0.717) is 36.9 Å². The van der Waals surface area contributed by atoms with Crippen molar-refractivity contribution in [3.05, 3.63) is 63.6 Å². The Bertz CT molecular complexity index is 652. The van der Waals surface area contributed by atoms with Crippen molar-refractivity contribution in [2.75, 3.05) is 13.2 Å². The van der Waals surface area contributed by atoms with Gasteiger partial charge in [-0.05, 0) is 30.2 Å². The average Bonchev–Trinajstić information content (AvgIpc) is 2.55. The zero-order valence-corrected chi connectivity index (χ0v) is 14.9. The van der Waals surface area contributed by atoms with Gasteiger partial charge in [-0.15, -0.1) is 0 Å². The van der Waals surface area contributed by atoms with E-state index in [-0.39, 0.29) is 6.03 Å². The number of halogens is 2. The number of nitrogens with one attached hydrogen (secondary N) is 2. The molecule has 2 aromatic carbocycles. The van der Waals surface area contributed by atoms with Gasteiger partial charge in [0.2, 0.25) is 0 Å². The number of carbonyl (C=O) groups excluding carboxylic acids is 1. The quantitative estimate of drug-likeness (QED) is 0.682. The van der Waals surface area contributed by atoms with E-state index in [0.717, 1.165) is 10.0 Å². The molecule has 6 heteroatoms. The van der Waals surface area contributed by atoms with Gasteiger partial charge >= 0.3 is 6.03 Å². The molecule has 4 nitrogen and oxygen atoms in total. The van der Waals surface area contributed by atoms with Crippen LogP contribution in [0.2, 0.25) is 5.02 Å². The van der Waals surface area contributed by atoms with Crippen molar-refractivity contribution in [3.8, 4) is 5.75 Å². The third kappa shape index (κ3) is 6.12. The Morgan fingerprint density at radius 1 is 1.09 bits per heavy atom. The number of benzene rings is 2. The molecule has 0 bridgehead atoms. The molecule has 2 aromatic rings. The number of hydrogen-bond acceptors (Lipinski definition) is 2. The van der Waals surface area contributed by atoms with Crippen LogP contribution in [-0.4, -0.2) is 19.2 Å². The largest absolute Gasteiger partial charge is 0.492 e. The predicted octanol–water partition coefficient (Wildman–Crippen LogP) is 4.37. The zero-order valence-electron chi connectivity index (χ0n) is 12.5. The van der Waals surface area contributed by atoms with Crippen LogP contribution >= 0.6 is 27.5 Å². The molecule has 0 saturated heterocycles. The van der Waals surface area contributed by atoms with Gasteiger partial charge < -0.3 is 15.4 Å². The molecule has 0 aliphatic heterocycles. The molecular weight excluding hydrogens is 380 g/mol. The lowest BCUT2D eigenvalue weighted by atomic mass is 10.2. The summed E-state index contributed by atoms with van der Waals surface area (Å²) in [6, 6.07) is 14.9. The fourth-order valence-electron chi connectivity index (χ4n) is 1.90.